The average molecular weight is 346 g/mol. The molecule has 1 aliphatic carbocycles. The number of fused-ring (bicyclic) bond motifs is 1. The molecule has 1 aromatic heterocycles. The third kappa shape index (κ3) is 2.42. The number of hydrogen-bond donors (Lipinski definition) is 1. The van der Waals surface area contributed by atoms with Crippen LogP contribution in [0.4, 0.5) is 0 Å². The molecule has 3 rings (SSSR count). The lowest BCUT2D eigenvalue weighted by molar-refractivity contribution is -0.164. The minimum Gasteiger partial charge on any atom is -0.407 e. The molecule has 1 aliphatic rings. The molecule has 1 aromatic carbocycles. The monoisotopic (exact) mass is 346 g/mol. The molecular formula is C19H26N2O4. The van der Waals surface area contributed by atoms with E-state index in [4.69, 9.17) is 9.15 Å². The normalized spacial score (nSPS) is 24.9. The fraction of sp³-hybridized carbons (Fsp3) is 0.579. The Morgan fingerprint density at radius 2 is 2.04 bits per heavy atom. The van der Waals surface area contributed by atoms with Crippen LogP contribution in [0, 0.1) is 11.3 Å². The SMILES string of the molecule is CCC1(CC)C(NC(=O)c2cccc3c2oc(=O)n3C)C(C)C1OC. The first-order chi connectivity index (χ1) is 11.9. The van der Waals surface area contributed by atoms with E-state index in [1.807, 2.05) is 0 Å². The summed E-state index contributed by atoms with van der Waals surface area (Å²) in [6.45, 7) is 6.38. The summed E-state index contributed by atoms with van der Waals surface area (Å²) in [5.74, 6) is -0.448. The van der Waals surface area contributed by atoms with Crippen LogP contribution >= 0.6 is 0 Å². The summed E-state index contributed by atoms with van der Waals surface area (Å²) in [5, 5.41) is 3.17. The number of benzene rings is 1. The third-order valence-electron chi connectivity index (χ3n) is 6.11. The fourth-order valence-corrected chi connectivity index (χ4v) is 4.65. The van der Waals surface area contributed by atoms with E-state index >= 15 is 0 Å². The summed E-state index contributed by atoms with van der Waals surface area (Å²) in [4.78, 5) is 24.7. The van der Waals surface area contributed by atoms with Gasteiger partial charge in [0.15, 0.2) is 5.58 Å². The number of nitrogens with zero attached hydrogens (tertiary/aromatic N) is 1. The molecule has 1 N–H and O–H groups in total. The van der Waals surface area contributed by atoms with Gasteiger partial charge in [-0.3, -0.25) is 9.36 Å². The first-order valence-electron chi connectivity index (χ1n) is 8.83. The Morgan fingerprint density at radius 1 is 1.36 bits per heavy atom. The lowest BCUT2D eigenvalue weighted by Gasteiger charge is -2.59. The molecule has 1 heterocycles. The molecule has 1 amide bonds. The smallest absolute Gasteiger partial charge is 0.407 e. The highest BCUT2D eigenvalue weighted by Gasteiger charge is 2.58. The molecule has 3 unspecified atom stereocenters. The van der Waals surface area contributed by atoms with Gasteiger partial charge in [-0.1, -0.05) is 26.8 Å². The predicted molar refractivity (Wildman–Crippen MR) is 95.7 cm³/mol. The summed E-state index contributed by atoms with van der Waals surface area (Å²) >= 11 is 0. The highest BCUT2D eigenvalue weighted by molar-refractivity contribution is 6.04. The van der Waals surface area contributed by atoms with Crippen molar-refractivity contribution in [3.63, 3.8) is 0 Å². The van der Waals surface area contributed by atoms with Crippen molar-refractivity contribution >= 4 is 17.0 Å². The van der Waals surface area contributed by atoms with Crippen LogP contribution in [0.25, 0.3) is 11.1 Å². The largest absolute Gasteiger partial charge is 0.419 e. The van der Waals surface area contributed by atoms with Gasteiger partial charge in [-0.15, -0.1) is 0 Å². The molecule has 2 aromatic rings. The molecule has 25 heavy (non-hydrogen) atoms. The molecule has 0 bridgehead atoms. The van der Waals surface area contributed by atoms with Gasteiger partial charge in [0.2, 0.25) is 0 Å². The second-order valence-corrected chi connectivity index (χ2v) is 6.99. The zero-order valence-corrected chi connectivity index (χ0v) is 15.5. The third-order valence-corrected chi connectivity index (χ3v) is 6.11. The maximum Gasteiger partial charge on any atom is 0.419 e. The van der Waals surface area contributed by atoms with Gasteiger partial charge in [0.05, 0.1) is 17.2 Å². The van der Waals surface area contributed by atoms with Crippen LogP contribution in [0.2, 0.25) is 0 Å². The van der Waals surface area contributed by atoms with Crippen LogP contribution in [-0.2, 0) is 11.8 Å². The minimum absolute atomic E-state index is 0.0330. The number of methoxy groups -OCH3 is 1. The number of nitrogens with one attached hydrogen (secondary N) is 1. The Bertz CT molecular complexity index is 847. The van der Waals surface area contributed by atoms with Gasteiger partial charge in [-0.25, -0.2) is 4.79 Å². The van der Waals surface area contributed by atoms with E-state index in [1.54, 1.807) is 32.4 Å². The topological polar surface area (TPSA) is 73.5 Å². The average Bonchev–Trinajstić information content (AvgIpc) is 2.91. The summed E-state index contributed by atoms with van der Waals surface area (Å²) in [5.41, 5.74) is 1.28. The first kappa shape index (κ1) is 17.7. The van der Waals surface area contributed by atoms with Gasteiger partial charge in [-0.2, -0.15) is 0 Å². The van der Waals surface area contributed by atoms with Crippen molar-refractivity contribution in [3.05, 3.63) is 34.3 Å². The summed E-state index contributed by atoms with van der Waals surface area (Å²) in [6, 6.07) is 5.26. The predicted octanol–water partition coefficient (Wildman–Crippen LogP) is 2.70. The van der Waals surface area contributed by atoms with Crippen LogP contribution in [0.15, 0.2) is 27.4 Å². The maximum absolute atomic E-state index is 12.9. The van der Waals surface area contributed by atoms with E-state index in [9.17, 15) is 9.59 Å². The molecule has 0 saturated heterocycles. The van der Waals surface area contributed by atoms with Gasteiger partial charge < -0.3 is 14.5 Å². The van der Waals surface area contributed by atoms with Crippen LogP contribution in [0.1, 0.15) is 44.0 Å². The van der Waals surface area contributed by atoms with Crippen molar-refractivity contribution in [2.75, 3.05) is 7.11 Å². The Labute approximate surface area is 147 Å². The van der Waals surface area contributed by atoms with E-state index in [0.29, 0.717) is 16.7 Å². The Morgan fingerprint density at radius 3 is 2.64 bits per heavy atom. The van der Waals surface area contributed by atoms with Crippen molar-refractivity contribution in [2.45, 2.75) is 45.8 Å². The van der Waals surface area contributed by atoms with Crippen molar-refractivity contribution in [2.24, 2.45) is 18.4 Å². The van der Waals surface area contributed by atoms with Crippen LogP contribution in [-0.4, -0.2) is 29.7 Å². The van der Waals surface area contributed by atoms with Gasteiger partial charge in [-0.05, 0) is 25.0 Å². The van der Waals surface area contributed by atoms with Crippen LogP contribution < -0.4 is 11.1 Å². The standard InChI is InChI=1S/C19H26N2O4/c1-6-19(7-2)15(11(3)16(19)24-5)20-17(22)12-9-8-10-13-14(12)25-18(23)21(13)4/h8-11,15-16H,6-7H2,1-5H3,(H,20,22). The fourth-order valence-electron chi connectivity index (χ4n) is 4.65. The molecule has 136 valence electrons. The summed E-state index contributed by atoms with van der Waals surface area (Å²) < 4.78 is 12.4. The highest BCUT2D eigenvalue weighted by Crippen LogP contribution is 2.52. The van der Waals surface area contributed by atoms with E-state index < -0.39 is 5.76 Å². The number of aryl methyl sites for hydroxylation is 1. The van der Waals surface area contributed by atoms with Crippen LogP contribution in [0.3, 0.4) is 0 Å². The Balaban J connectivity index is 1.93. The molecular weight excluding hydrogens is 320 g/mol. The number of amides is 1. The lowest BCUT2D eigenvalue weighted by atomic mass is 9.53. The van der Waals surface area contributed by atoms with Gasteiger partial charge >= 0.3 is 5.76 Å². The quantitative estimate of drug-likeness (QED) is 0.903. The van der Waals surface area contributed by atoms with Gasteiger partial charge in [0, 0.05) is 31.5 Å². The second kappa shape index (κ2) is 6.33. The van der Waals surface area contributed by atoms with Gasteiger partial charge in [0.25, 0.3) is 5.91 Å². The summed E-state index contributed by atoms with van der Waals surface area (Å²) in [6.07, 6.45) is 2.00. The first-order valence-corrected chi connectivity index (χ1v) is 8.83. The maximum atomic E-state index is 12.9. The number of aromatic nitrogens is 1. The van der Waals surface area contributed by atoms with E-state index in [0.717, 1.165) is 12.8 Å². The highest BCUT2D eigenvalue weighted by atomic mass is 16.5. The van der Waals surface area contributed by atoms with E-state index in [2.05, 4.69) is 26.1 Å². The molecule has 6 heteroatoms. The summed E-state index contributed by atoms with van der Waals surface area (Å²) in [7, 11) is 3.37. The van der Waals surface area contributed by atoms with Crippen molar-refractivity contribution < 1.29 is 13.9 Å². The van der Waals surface area contributed by atoms with Crippen LogP contribution in [0.5, 0.6) is 0 Å². The number of ether oxygens (including phenoxy) is 1. The lowest BCUT2D eigenvalue weighted by Crippen LogP contribution is -2.69. The Hall–Kier alpha value is -2.08. The van der Waals surface area contributed by atoms with E-state index in [-0.39, 0.29) is 29.4 Å². The molecule has 0 radical (unpaired) electrons. The molecule has 6 nitrogen and oxygen atoms in total. The Kier molecular flexibility index (Phi) is 4.49. The number of hydrogen-bond acceptors (Lipinski definition) is 4. The molecule has 3 atom stereocenters. The van der Waals surface area contributed by atoms with Crippen molar-refractivity contribution in [1.82, 2.24) is 9.88 Å². The number of carbonyl (C=O) groups is 1. The zero-order valence-electron chi connectivity index (χ0n) is 15.5. The number of oxazole rings is 1. The van der Waals surface area contributed by atoms with Crippen molar-refractivity contribution in [3.8, 4) is 0 Å². The van der Waals surface area contributed by atoms with Gasteiger partial charge in [0.1, 0.15) is 0 Å². The molecule has 0 aliphatic heterocycles. The number of para-hydroxylation sites is 1. The van der Waals surface area contributed by atoms with Crippen molar-refractivity contribution in [1.29, 1.82) is 0 Å². The number of carbonyl (C=O) groups excluding carboxylic acids is 1. The minimum atomic E-state index is -0.469. The molecule has 1 fully saturated rings. The number of rotatable bonds is 5. The molecule has 0 spiro atoms. The van der Waals surface area contributed by atoms with E-state index in [1.165, 1.54) is 4.57 Å². The zero-order chi connectivity index (χ0) is 18.4. The second-order valence-electron chi connectivity index (χ2n) is 6.99. The molecule has 1 saturated carbocycles.